The van der Waals surface area contributed by atoms with Crippen LogP contribution in [0.3, 0.4) is 0 Å². The molecule has 2 saturated carbocycles. The van der Waals surface area contributed by atoms with E-state index in [1.54, 1.807) is 5.56 Å². The molecule has 0 spiro atoms. The van der Waals surface area contributed by atoms with Crippen LogP contribution in [0.2, 0.25) is 0 Å². The van der Waals surface area contributed by atoms with Gasteiger partial charge in [0.05, 0.1) is 0 Å². The second-order valence-corrected chi connectivity index (χ2v) is 13.0. The third-order valence-corrected chi connectivity index (χ3v) is 10.6. The second kappa shape index (κ2) is 14.0. The van der Waals surface area contributed by atoms with Gasteiger partial charge in [-0.25, -0.2) is 0 Å². The lowest BCUT2D eigenvalue weighted by Crippen LogP contribution is -2.36. The van der Waals surface area contributed by atoms with Gasteiger partial charge in [0.25, 0.3) is 0 Å². The van der Waals surface area contributed by atoms with Crippen LogP contribution in [0, 0.1) is 24.2 Å². The number of hydrogen-bond acceptors (Lipinski definition) is 0. The van der Waals surface area contributed by atoms with Crippen LogP contribution in [0.1, 0.15) is 146 Å². The molecule has 204 valence electrons. The Labute approximate surface area is 230 Å². The van der Waals surface area contributed by atoms with E-state index in [2.05, 4.69) is 70.2 Å². The molecule has 2 aromatic rings. The summed E-state index contributed by atoms with van der Waals surface area (Å²) in [4.78, 5) is 0. The van der Waals surface area contributed by atoms with Gasteiger partial charge in [0.2, 0.25) is 0 Å². The molecule has 37 heavy (non-hydrogen) atoms. The minimum Gasteiger partial charge on any atom is -0.0654 e. The van der Waals surface area contributed by atoms with Gasteiger partial charge in [-0.3, -0.25) is 0 Å². The molecule has 2 aliphatic rings. The molecule has 0 bridgehead atoms. The molecule has 4 rings (SSSR count). The Morgan fingerprint density at radius 2 is 1.41 bits per heavy atom. The molecule has 0 amide bonds. The Kier molecular flexibility index (Phi) is 10.8. The molecule has 1 unspecified atom stereocenters. The summed E-state index contributed by atoms with van der Waals surface area (Å²) in [6.07, 6.45) is 24.4. The van der Waals surface area contributed by atoms with Gasteiger partial charge in [-0.15, -0.1) is 0 Å². The zero-order valence-corrected chi connectivity index (χ0v) is 24.8. The van der Waals surface area contributed by atoms with Crippen molar-refractivity contribution in [3.63, 3.8) is 0 Å². The maximum absolute atomic E-state index is 2.52. The molecular weight excluding hydrogens is 444 g/mol. The van der Waals surface area contributed by atoms with Crippen molar-refractivity contribution in [1.29, 1.82) is 0 Å². The van der Waals surface area contributed by atoms with E-state index in [9.17, 15) is 0 Å². The highest BCUT2D eigenvalue weighted by Gasteiger charge is 2.41. The van der Waals surface area contributed by atoms with E-state index in [1.807, 2.05) is 0 Å². The Bertz CT molecular complexity index is 921. The first kappa shape index (κ1) is 28.4. The van der Waals surface area contributed by atoms with E-state index >= 15 is 0 Å². The molecule has 2 fully saturated rings. The Balaban J connectivity index is 1.36. The fourth-order valence-corrected chi connectivity index (χ4v) is 8.14. The molecule has 0 aliphatic heterocycles. The van der Waals surface area contributed by atoms with Gasteiger partial charge in [-0.2, -0.15) is 0 Å². The van der Waals surface area contributed by atoms with Crippen molar-refractivity contribution in [1.82, 2.24) is 0 Å². The Morgan fingerprint density at radius 3 is 2.05 bits per heavy atom. The standard InChI is InChI=1S/C37H56/c1-5-7-10-14-31-15-17-33(18-16-31)34-21-24-36(29(3)28-34)30(4)32-19-22-35(23-20-32)37(25-11-8-6-2)26-12-9-13-27-37/h15-18,21,24,28,30,32,35H,5-14,19-20,22-23,25-27H2,1-4H3/t30?,32-,35-. The van der Waals surface area contributed by atoms with Crippen LogP contribution in [0.15, 0.2) is 42.5 Å². The minimum absolute atomic E-state index is 0.679. The molecule has 0 aromatic heterocycles. The average Bonchev–Trinajstić information content (AvgIpc) is 2.94. The molecule has 0 nitrogen and oxygen atoms in total. The van der Waals surface area contributed by atoms with E-state index in [0.717, 1.165) is 11.8 Å². The highest BCUT2D eigenvalue weighted by Crippen LogP contribution is 2.53. The van der Waals surface area contributed by atoms with Crippen LogP contribution in [-0.2, 0) is 6.42 Å². The van der Waals surface area contributed by atoms with Crippen LogP contribution < -0.4 is 0 Å². The normalized spacial score (nSPS) is 22.6. The number of hydrogen-bond donors (Lipinski definition) is 0. The van der Waals surface area contributed by atoms with Crippen molar-refractivity contribution in [2.45, 2.75) is 143 Å². The van der Waals surface area contributed by atoms with E-state index in [1.165, 1.54) is 131 Å². The third-order valence-electron chi connectivity index (χ3n) is 10.6. The molecule has 2 aliphatic carbocycles. The fourth-order valence-electron chi connectivity index (χ4n) is 8.14. The van der Waals surface area contributed by atoms with Crippen molar-refractivity contribution in [2.24, 2.45) is 17.3 Å². The van der Waals surface area contributed by atoms with E-state index in [-0.39, 0.29) is 0 Å². The van der Waals surface area contributed by atoms with Gasteiger partial charge in [0, 0.05) is 0 Å². The summed E-state index contributed by atoms with van der Waals surface area (Å²) < 4.78 is 0. The quantitative estimate of drug-likeness (QED) is 0.254. The predicted octanol–water partition coefficient (Wildman–Crippen LogP) is 11.8. The topological polar surface area (TPSA) is 0 Å². The number of aryl methyl sites for hydroxylation is 2. The van der Waals surface area contributed by atoms with Crippen LogP contribution >= 0.6 is 0 Å². The summed E-state index contributed by atoms with van der Waals surface area (Å²) in [5.41, 5.74) is 8.01. The van der Waals surface area contributed by atoms with Gasteiger partial charge < -0.3 is 0 Å². The van der Waals surface area contributed by atoms with Crippen molar-refractivity contribution in [3.8, 4) is 11.1 Å². The lowest BCUT2D eigenvalue weighted by molar-refractivity contribution is 0.0409. The summed E-state index contributed by atoms with van der Waals surface area (Å²) >= 11 is 0. The lowest BCUT2D eigenvalue weighted by atomic mass is 9.58. The fraction of sp³-hybridized carbons (Fsp3) is 0.676. The molecule has 0 heteroatoms. The van der Waals surface area contributed by atoms with Crippen LogP contribution in [0.4, 0.5) is 0 Å². The molecule has 2 aromatic carbocycles. The monoisotopic (exact) mass is 500 g/mol. The maximum Gasteiger partial charge on any atom is -0.0159 e. The van der Waals surface area contributed by atoms with Gasteiger partial charge >= 0.3 is 0 Å². The zero-order valence-electron chi connectivity index (χ0n) is 24.8. The molecule has 0 N–H and O–H groups in total. The lowest BCUT2D eigenvalue weighted by Gasteiger charge is -2.47. The largest absolute Gasteiger partial charge is 0.0654 e. The first-order valence-electron chi connectivity index (χ1n) is 16.3. The van der Waals surface area contributed by atoms with Gasteiger partial charge in [0.1, 0.15) is 0 Å². The average molecular weight is 501 g/mol. The number of unbranched alkanes of at least 4 members (excludes halogenated alkanes) is 4. The predicted molar refractivity (Wildman–Crippen MR) is 163 cm³/mol. The SMILES string of the molecule is CCCCCc1ccc(-c2ccc(C(C)[C@H]3CC[C@H](C4(CCCCC)CCCCC4)CC3)c(C)c2)cc1. The minimum atomic E-state index is 0.679. The van der Waals surface area contributed by atoms with Crippen LogP contribution in [-0.4, -0.2) is 0 Å². The van der Waals surface area contributed by atoms with Crippen molar-refractivity contribution >= 4 is 0 Å². The van der Waals surface area contributed by atoms with Crippen molar-refractivity contribution in [2.75, 3.05) is 0 Å². The summed E-state index contributed by atoms with van der Waals surface area (Å²) in [5.74, 6) is 2.54. The van der Waals surface area contributed by atoms with Crippen molar-refractivity contribution in [3.05, 3.63) is 59.2 Å². The molecular formula is C37H56. The van der Waals surface area contributed by atoms with Gasteiger partial charge in [-0.05, 0) is 116 Å². The zero-order chi connectivity index (χ0) is 26.1. The summed E-state index contributed by atoms with van der Waals surface area (Å²) in [5, 5.41) is 0. The van der Waals surface area contributed by atoms with Crippen LogP contribution in [0.25, 0.3) is 11.1 Å². The third kappa shape index (κ3) is 7.30. The van der Waals surface area contributed by atoms with E-state index in [0.29, 0.717) is 11.3 Å². The molecule has 0 heterocycles. The van der Waals surface area contributed by atoms with Gasteiger partial charge in [-0.1, -0.05) is 115 Å². The molecule has 0 radical (unpaired) electrons. The molecule has 1 atom stereocenters. The maximum atomic E-state index is 2.52. The highest BCUT2D eigenvalue weighted by atomic mass is 14.5. The summed E-state index contributed by atoms with van der Waals surface area (Å²) in [6.45, 7) is 9.52. The first-order chi connectivity index (χ1) is 18.1. The van der Waals surface area contributed by atoms with E-state index < -0.39 is 0 Å². The van der Waals surface area contributed by atoms with Crippen LogP contribution in [0.5, 0.6) is 0 Å². The smallest absolute Gasteiger partial charge is 0.0159 e. The number of benzene rings is 2. The first-order valence-corrected chi connectivity index (χ1v) is 16.3. The van der Waals surface area contributed by atoms with E-state index in [4.69, 9.17) is 0 Å². The molecule has 0 saturated heterocycles. The Morgan fingerprint density at radius 1 is 0.757 bits per heavy atom. The highest BCUT2D eigenvalue weighted by molar-refractivity contribution is 5.65. The number of rotatable bonds is 12. The summed E-state index contributed by atoms with van der Waals surface area (Å²) in [6, 6.07) is 16.7. The second-order valence-electron chi connectivity index (χ2n) is 13.0. The van der Waals surface area contributed by atoms with Crippen molar-refractivity contribution < 1.29 is 0 Å². The Hall–Kier alpha value is -1.56. The van der Waals surface area contributed by atoms with Gasteiger partial charge in [0.15, 0.2) is 0 Å². The summed E-state index contributed by atoms with van der Waals surface area (Å²) in [7, 11) is 0.